The van der Waals surface area contributed by atoms with Crippen LogP contribution in [0.15, 0.2) is 43.9 Å². The second-order valence-electron chi connectivity index (χ2n) is 9.01. The fraction of sp³-hybridized carbons (Fsp3) is 0.522. The van der Waals surface area contributed by atoms with Gasteiger partial charge in [-0.25, -0.2) is 4.79 Å². The van der Waals surface area contributed by atoms with Crippen LogP contribution in [0.4, 0.5) is 0 Å². The fourth-order valence-electron chi connectivity index (χ4n) is 4.69. The van der Waals surface area contributed by atoms with E-state index < -0.39 is 11.2 Å². The Kier molecular flexibility index (Phi) is 4.20. The lowest BCUT2D eigenvalue weighted by Crippen LogP contribution is -2.32. The molecule has 0 aromatic carbocycles. The molecule has 3 aliphatic rings. The molecule has 1 aliphatic heterocycles. The Morgan fingerprint density at radius 1 is 1.29 bits per heavy atom. The zero-order chi connectivity index (χ0) is 19.4. The third kappa shape index (κ3) is 3.41. The molecule has 2 fully saturated rings. The first-order chi connectivity index (χ1) is 13.5. The molecule has 5 rings (SSSR count). The first kappa shape index (κ1) is 18.0. The molecule has 28 heavy (non-hydrogen) atoms. The van der Waals surface area contributed by atoms with Crippen molar-refractivity contribution in [2.45, 2.75) is 63.9 Å². The summed E-state index contributed by atoms with van der Waals surface area (Å²) in [6, 6.07) is 3.83. The number of allylic oxidation sites excluding steroid dienone is 1. The van der Waals surface area contributed by atoms with E-state index in [0.29, 0.717) is 30.1 Å². The molecule has 1 unspecified atom stereocenters. The van der Waals surface area contributed by atoms with Gasteiger partial charge in [0.2, 0.25) is 0 Å². The van der Waals surface area contributed by atoms with E-state index in [-0.39, 0.29) is 11.2 Å². The van der Waals surface area contributed by atoms with Crippen molar-refractivity contribution in [3.05, 3.63) is 62.0 Å². The highest BCUT2D eigenvalue weighted by Crippen LogP contribution is 2.52. The average Bonchev–Trinajstić information content (AvgIpc) is 3.49. The molecule has 1 atom stereocenters. The molecular weight excluding hydrogens is 372 g/mol. The first-order valence-corrected chi connectivity index (χ1v) is 11.1. The molecule has 2 aromatic rings. The van der Waals surface area contributed by atoms with Crippen molar-refractivity contribution in [2.24, 2.45) is 11.3 Å². The van der Waals surface area contributed by atoms with Gasteiger partial charge in [-0.15, -0.1) is 0 Å². The second kappa shape index (κ2) is 6.51. The van der Waals surface area contributed by atoms with E-state index in [4.69, 9.17) is 9.15 Å². The van der Waals surface area contributed by atoms with Gasteiger partial charge in [-0.05, 0) is 72.4 Å². The quantitative estimate of drug-likeness (QED) is 0.688. The van der Waals surface area contributed by atoms with Crippen molar-refractivity contribution < 1.29 is 14.3 Å². The van der Waals surface area contributed by atoms with E-state index in [0.717, 1.165) is 31.4 Å². The van der Waals surface area contributed by atoms with Crippen LogP contribution >= 0.6 is 11.3 Å². The van der Waals surface area contributed by atoms with Crippen LogP contribution in [0, 0.1) is 11.3 Å². The highest BCUT2D eigenvalue weighted by Gasteiger charge is 2.47. The van der Waals surface area contributed by atoms with Gasteiger partial charge < -0.3 is 14.3 Å². The number of rotatable bonds is 7. The maximum absolute atomic E-state index is 13.0. The van der Waals surface area contributed by atoms with Crippen LogP contribution < -0.4 is 5.63 Å². The summed E-state index contributed by atoms with van der Waals surface area (Å²) in [6.45, 7) is 1.91. The second-order valence-corrected chi connectivity index (χ2v) is 9.79. The summed E-state index contributed by atoms with van der Waals surface area (Å²) >= 11 is 1.71. The van der Waals surface area contributed by atoms with Gasteiger partial charge in [0.25, 0.3) is 0 Å². The Labute approximate surface area is 168 Å². The van der Waals surface area contributed by atoms with Crippen LogP contribution in [0.5, 0.6) is 5.75 Å². The summed E-state index contributed by atoms with van der Waals surface area (Å²) in [7, 11) is 0. The van der Waals surface area contributed by atoms with Crippen molar-refractivity contribution in [2.75, 3.05) is 0 Å². The normalized spacial score (nSPS) is 25.4. The molecule has 0 radical (unpaired) electrons. The molecule has 1 N–H and O–H groups in total. The number of ether oxygens (including phenoxy) is 1. The van der Waals surface area contributed by atoms with Gasteiger partial charge in [0.1, 0.15) is 22.7 Å². The molecule has 0 spiro atoms. The van der Waals surface area contributed by atoms with Crippen LogP contribution in [-0.4, -0.2) is 5.11 Å². The van der Waals surface area contributed by atoms with Crippen molar-refractivity contribution in [1.82, 2.24) is 0 Å². The predicted molar refractivity (Wildman–Crippen MR) is 109 cm³/mol. The van der Waals surface area contributed by atoms with Gasteiger partial charge in [0, 0.05) is 18.9 Å². The molecule has 3 heterocycles. The first-order valence-electron chi connectivity index (χ1n) is 10.2. The van der Waals surface area contributed by atoms with Crippen molar-refractivity contribution in [1.29, 1.82) is 0 Å². The number of thiophene rings is 1. The molecule has 2 saturated carbocycles. The smallest absolute Gasteiger partial charge is 0.346 e. The van der Waals surface area contributed by atoms with Crippen molar-refractivity contribution >= 4 is 11.3 Å². The number of aromatic hydroxyl groups is 1. The van der Waals surface area contributed by atoms with Crippen molar-refractivity contribution in [3.8, 4) is 5.75 Å². The summed E-state index contributed by atoms with van der Waals surface area (Å²) in [4.78, 5) is 13.0. The Balaban J connectivity index is 1.42. The monoisotopic (exact) mass is 398 g/mol. The molecule has 148 valence electrons. The summed E-state index contributed by atoms with van der Waals surface area (Å²) in [6.07, 6.45) is 9.68. The standard InChI is InChI=1S/C23H26O4S/c1-15-4-6-23(27-15,12-16-2-3-16)20-19(24)10-18(26-21(20)25)13-22(7-8-22)11-17-5-9-28-14-17/h4-5,9-10,14,16,24H,2-3,6-8,11-13H2,1H3. The average molecular weight is 399 g/mol. The highest BCUT2D eigenvalue weighted by molar-refractivity contribution is 7.07. The third-order valence-electron chi connectivity index (χ3n) is 6.49. The van der Waals surface area contributed by atoms with Crippen LogP contribution in [-0.2, 0) is 23.2 Å². The van der Waals surface area contributed by atoms with Gasteiger partial charge in [0.05, 0.1) is 5.76 Å². The van der Waals surface area contributed by atoms with Gasteiger partial charge in [0.15, 0.2) is 0 Å². The van der Waals surface area contributed by atoms with E-state index in [9.17, 15) is 9.90 Å². The summed E-state index contributed by atoms with van der Waals surface area (Å²) in [5, 5.41) is 15.1. The number of hydrogen-bond acceptors (Lipinski definition) is 5. The Bertz CT molecular complexity index is 963. The topological polar surface area (TPSA) is 59.7 Å². The minimum Gasteiger partial charge on any atom is -0.507 e. The molecule has 0 saturated heterocycles. The van der Waals surface area contributed by atoms with Gasteiger partial charge in [-0.3, -0.25) is 0 Å². The molecular formula is C23H26O4S. The molecule has 0 bridgehead atoms. The van der Waals surface area contributed by atoms with Crippen molar-refractivity contribution in [3.63, 3.8) is 0 Å². The molecule has 4 nitrogen and oxygen atoms in total. The van der Waals surface area contributed by atoms with E-state index >= 15 is 0 Å². The molecule has 2 aliphatic carbocycles. The maximum atomic E-state index is 13.0. The third-order valence-corrected chi connectivity index (χ3v) is 7.23. The SMILES string of the molecule is CC1=CCC(CC2CC2)(c2c(O)cc(CC3(Cc4ccsc4)CC3)oc2=O)O1. The van der Waals surface area contributed by atoms with Crippen LogP contribution in [0.25, 0.3) is 0 Å². The van der Waals surface area contributed by atoms with E-state index in [1.807, 2.05) is 13.0 Å². The summed E-state index contributed by atoms with van der Waals surface area (Å²) in [5.41, 5.74) is 0.611. The van der Waals surface area contributed by atoms with E-state index in [1.54, 1.807) is 17.4 Å². The lowest BCUT2D eigenvalue weighted by Gasteiger charge is -2.30. The van der Waals surface area contributed by atoms with E-state index in [1.165, 1.54) is 18.4 Å². The van der Waals surface area contributed by atoms with Crippen LogP contribution in [0.2, 0.25) is 0 Å². The summed E-state index contributed by atoms with van der Waals surface area (Å²) < 4.78 is 11.9. The Morgan fingerprint density at radius 3 is 2.68 bits per heavy atom. The highest BCUT2D eigenvalue weighted by atomic mass is 32.1. The van der Waals surface area contributed by atoms with Crippen LogP contribution in [0.3, 0.4) is 0 Å². The van der Waals surface area contributed by atoms with E-state index in [2.05, 4.69) is 16.8 Å². The fourth-order valence-corrected chi connectivity index (χ4v) is 5.36. The minimum atomic E-state index is -0.762. The van der Waals surface area contributed by atoms with Gasteiger partial charge in [-0.2, -0.15) is 11.3 Å². The lowest BCUT2D eigenvalue weighted by molar-refractivity contribution is 0.00460. The zero-order valence-electron chi connectivity index (χ0n) is 16.2. The van der Waals surface area contributed by atoms with Gasteiger partial charge in [-0.1, -0.05) is 12.8 Å². The largest absolute Gasteiger partial charge is 0.507 e. The summed E-state index contributed by atoms with van der Waals surface area (Å²) in [5.74, 6) is 2.00. The molecule has 0 amide bonds. The maximum Gasteiger partial charge on any atom is 0.346 e. The predicted octanol–water partition coefficient (Wildman–Crippen LogP) is 5.29. The Hall–Kier alpha value is -2.01. The number of hydrogen-bond donors (Lipinski definition) is 1. The molecule has 5 heteroatoms. The zero-order valence-corrected chi connectivity index (χ0v) is 17.0. The minimum absolute atomic E-state index is 0.0290. The molecule has 2 aromatic heterocycles. The van der Waals surface area contributed by atoms with Crippen LogP contribution in [0.1, 0.15) is 62.3 Å². The lowest BCUT2D eigenvalue weighted by atomic mass is 9.86. The Morgan fingerprint density at radius 2 is 2.11 bits per heavy atom. The van der Waals surface area contributed by atoms with Gasteiger partial charge >= 0.3 is 5.63 Å².